The Bertz CT molecular complexity index is 613. The molecule has 2 aromatic heterocycles. The second kappa shape index (κ2) is 3.95. The fraction of sp³-hybridized carbons (Fsp3) is 0. The Balaban J connectivity index is 1.95. The van der Waals surface area contributed by atoms with Gasteiger partial charge in [0.15, 0.2) is 5.13 Å². The molecule has 0 aliphatic heterocycles. The van der Waals surface area contributed by atoms with Gasteiger partial charge in [0.05, 0.1) is 11.4 Å². The van der Waals surface area contributed by atoms with Crippen LogP contribution in [0, 0.1) is 0 Å². The van der Waals surface area contributed by atoms with Gasteiger partial charge < -0.3 is 5.73 Å². The van der Waals surface area contributed by atoms with Crippen LogP contribution in [0.1, 0.15) is 0 Å². The van der Waals surface area contributed by atoms with Crippen molar-refractivity contribution in [1.29, 1.82) is 0 Å². The van der Waals surface area contributed by atoms with Crippen LogP contribution in [0.5, 0.6) is 0 Å². The lowest BCUT2D eigenvalue weighted by Crippen LogP contribution is -1.94. The number of hydrogen-bond acceptors (Lipinski definition) is 6. The number of nitrogens with zero attached hydrogens (tertiary/aromatic N) is 5. The molecule has 2 N–H and O–H groups in total. The molecule has 2 heterocycles. The third kappa shape index (κ3) is 1.87. The number of anilines is 1. The van der Waals surface area contributed by atoms with Crippen LogP contribution in [0.2, 0.25) is 0 Å². The molecule has 0 fully saturated rings. The summed E-state index contributed by atoms with van der Waals surface area (Å²) < 4.78 is 1.60. The van der Waals surface area contributed by atoms with Gasteiger partial charge in [0.25, 0.3) is 0 Å². The normalized spacial score (nSPS) is 10.6. The van der Waals surface area contributed by atoms with Crippen molar-refractivity contribution < 1.29 is 0 Å². The molecule has 0 spiro atoms. The SMILES string of the molecule is Nc1nc(-c2ccc(-n3cnnn3)cc2)cs1. The van der Waals surface area contributed by atoms with Crippen LogP contribution < -0.4 is 5.73 Å². The molecule has 0 bridgehead atoms. The van der Waals surface area contributed by atoms with E-state index in [2.05, 4.69) is 20.5 Å². The highest BCUT2D eigenvalue weighted by Gasteiger charge is 2.03. The maximum atomic E-state index is 5.60. The predicted octanol–water partition coefficient (Wildman–Crippen LogP) is 1.37. The highest BCUT2D eigenvalue weighted by atomic mass is 32.1. The summed E-state index contributed by atoms with van der Waals surface area (Å²) in [5, 5.41) is 13.5. The first-order valence-electron chi connectivity index (χ1n) is 4.88. The van der Waals surface area contributed by atoms with Crippen molar-refractivity contribution in [1.82, 2.24) is 25.2 Å². The van der Waals surface area contributed by atoms with Gasteiger partial charge in [0.2, 0.25) is 0 Å². The van der Waals surface area contributed by atoms with E-state index in [1.807, 2.05) is 29.6 Å². The van der Waals surface area contributed by atoms with Crippen molar-refractivity contribution in [2.24, 2.45) is 0 Å². The van der Waals surface area contributed by atoms with Crippen LogP contribution in [-0.2, 0) is 0 Å². The molecule has 84 valence electrons. The Morgan fingerprint density at radius 3 is 2.59 bits per heavy atom. The second-order valence-corrected chi connectivity index (χ2v) is 4.26. The third-order valence-electron chi connectivity index (χ3n) is 2.30. The van der Waals surface area contributed by atoms with Crippen molar-refractivity contribution in [3.8, 4) is 16.9 Å². The molecule has 3 rings (SSSR count). The van der Waals surface area contributed by atoms with Crippen molar-refractivity contribution >= 4 is 16.5 Å². The molecule has 0 amide bonds. The van der Waals surface area contributed by atoms with Crippen LogP contribution in [0.15, 0.2) is 36.0 Å². The van der Waals surface area contributed by atoms with Crippen LogP contribution in [0.3, 0.4) is 0 Å². The molecule has 0 radical (unpaired) electrons. The first-order chi connectivity index (χ1) is 8.33. The molecule has 1 aromatic carbocycles. The van der Waals surface area contributed by atoms with E-state index in [9.17, 15) is 0 Å². The van der Waals surface area contributed by atoms with Crippen LogP contribution >= 0.6 is 11.3 Å². The molecule has 0 unspecified atom stereocenters. The molecule has 0 saturated carbocycles. The predicted molar refractivity (Wildman–Crippen MR) is 64.7 cm³/mol. The van der Waals surface area contributed by atoms with Gasteiger partial charge in [0, 0.05) is 10.9 Å². The number of rotatable bonds is 2. The molecule has 6 nitrogen and oxygen atoms in total. The number of nitrogens with two attached hydrogens (primary N) is 1. The van der Waals surface area contributed by atoms with Crippen molar-refractivity contribution in [2.45, 2.75) is 0 Å². The topological polar surface area (TPSA) is 82.5 Å². The van der Waals surface area contributed by atoms with Gasteiger partial charge >= 0.3 is 0 Å². The zero-order valence-electron chi connectivity index (χ0n) is 8.69. The van der Waals surface area contributed by atoms with E-state index in [-0.39, 0.29) is 0 Å². The Kier molecular flexibility index (Phi) is 2.30. The van der Waals surface area contributed by atoms with E-state index < -0.39 is 0 Å². The summed E-state index contributed by atoms with van der Waals surface area (Å²) in [5.41, 5.74) is 8.41. The first-order valence-corrected chi connectivity index (χ1v) is 5.76. The summed E-state index contributed by atoms with van der Waals surface area (Å²) in [5.74, 6) is 0. The fourth-order valence-corrected chi connectivity index (χ4v) is 2.06. The number of tetrazole rings is 1. The van der Waals surface area contributed by atoms with Gasteiger partial charge in [-0.1, -0.05) is 12.1 Å². The summed E-state index contributed by atoms with van der Waals surface area (Å²) in [7, 11) is 0. The Morgan fingerprint density at radius 1 is 1.18 bits per heavy atom. The summed E-state index contributed by atoms with van der Waals surface area (Å²) in [4.78, 5) is 4.22. The average molecular weight is 244 g/mol. The lowest BCUT2D eigenvalue weighted by molar-refractivity contribution is 0.789. The van der Waals surface area contributed by atoms with E-state index in [1.165, 1.54) is 11.3 Å². The molecular weight excluding hydrogens is 236 g/mol. The van der Waals surface area contributed by atoms with Gasteiger partial charge in [-0.05, 0) is 22.6 Å². The number of hydrogen-bond donors (Lipinski definition) is 1. The molecule has 7 heteroatoms. The molecular formula is C10H8N6S. The zero-order valence-corrected chi connectivity index (χ0v) is 9.50. The molecule has 0 atom stereocenters. The van der Waals surface area contributed by atoms with Crippen LogP contribution in [0.4, 0.5) is 5.13 Å². The lowest BCUT2D eigenvalue weighted by Gasteiger charge is -2.00. The monoisotopic (exact) mass is 244 g/mol. The van der Waals surface area contributed by atoms with Gasteiger partial charge in [-0.15, -0.1) is 16.4 Å². The van der Waals surface area contributed by atoms with Crippen molar-refractivity contribution in [2.75, 3.05) is 5.73 Å². The average Bonchev–Trinajstić information content (AvgIpc) is 3.00. The number of benzene rings is 1. The van der Waals surface area contributed by atoms with E-state index in [0.29, 0.717) is 5.13 Å². The Hall–Kier alpha value is -2.28. The largest absolute Gasteiger partial charge is 0.375 e. The molecule has 0 aliphatic carbocycles. The van der Waals surface area contributed by atoms with Crippen molar-refractivity contribution in [3.63, 3.8) is 0 Å². The van der Waals surface area contributed by atoms with E-state index in [0.717, 1.165) is 16.9 Å². The number of nitrogen functional groups attached to an aromatic ring is 1. The minimum absolute atomic E-state index is 0.574. The highest BCUT2D eigenvalue weighted by molar-refractivity contribution is 7.13. The lowest BCUT2D eigenvalue weighted by atomic mass is 10.1. The summed E-state index contributed by atoms with van der Waals surface area (Å²) in [6, 6.07) is 7.79. The van der Waals surface area contributed by atoms with Crippen LogP contribution in [-0.4, -0.2) is 25.2 Å². The summed E-state index contributed by atoms with van der Waals surface area (Å²) in [6.07, 6.45) is 1.55. The third-order valence-corrected chi connectivity index (χ3v) is 2.97. The molecule has 0 aliphatic rings. The minimum atomic E-state index is 0.574. The number of aromatic nitrogens is 5. The maximum Gasteiger partial charge on any atom is 0.180 e. The van der Waals surface area contributed by atoms with Gasteiger partial charge in [0.1, 0.15) is 6.33 Å². The highest BCUT2D eigenvalue weighted by Crippen LogP contribution is 2.23. The minimum Gasteiger partial charge on any atom is -0.375 e. The molecule has 3 aromatic rings. The van der Waals surface area contributed by atoms with E-state index in [4.69, 9.17) is 5.73 Å². The standard InChI is InChI=1S/C10H8N6S/c11-10-13-9(5-17-10)7-1-3-8(4-2-7)16-6-12-14-15-16/h1-6H,(H2,11,13). The smallest absolute Gasteiger partial charge is 0.180 e. The summed E-state index contributed by atoms with van der Waals surface area (Å²) >= 11 is 1.43. The van der Waals surface area contributed by atoms with E-state index in [1.54, 1.807) is 11.0 Å². The van der Waals surface area contributed by atoms with Crippen molar-refractivity contribution in [3.05, 3.63) is 36.0 Å². The second-order valence-electron chi connectivity index (χ2n) is 3.37. The maximum absolute atomic E-state index is 5.60. The van der Waals surface area contributed by atoms with E-state index >= 15 is 0 Å². The Morgan fingerprint density at radius 2 is 2.00 bits per heavy atom. The zero-order chi connectivity index (χ0) is 11.7. The number of thiazole rings is 1. The van der Waals surface area contributed by atoms with Gasteiger partial charge in [-0.3, -0.25) is 0 Å². The Labute approximate surface area is 101 Å². The van der Waals surface area contributed by atoms with Gasteiger partial charge in [-0.25, -0.2) is 9.67 Å². The van der Waals surface area contributed by atoms with Gasteiger partial charge in [-0.2, -0.15) is 0 Å². The molecule has 0 saturated heterocycles. The quantitative estimate of drug-likeness (QED) is 0.736. The molecule has 17 heavy (non-hydrogen) atoms. The van der Waals surface area contributed by atoms with Crippen LogP contribution in [0.25, 0.3) is 16.9 Å². The fourth-order valence-electron chi connectivity index (χ4n) is 1.48. The first kappa shape index (κ1) is 9.91. The summed E-state index contributed by atoms with van der Waals surface area (Å²) in [6.45, 7) is 0.